The van der Waals surface area contributed by atoms with Crippen LogP contribution >= 0.6 is 0 Å². The summed E-state index contributed by atoms with van der Waals surface area (Å²) in [6.45, 7) is 8.34. The summed E-state index contributed by atoms with van der Waals surface area (Å²) in [7, 11) is 0. The molecule has 0 saturated carbocycles. The smallest absolute Gasteiger partial charge is 0.0687 e. The number of benzene rings is 2. The minimum Gasteiger partial charge on any atom is -0.379 e. The van der Waals surface area contributed by atoms with E-state index in [1.807, 2.05) is 18.3 Å². The summed E-state index contributed by atoms with van der Waals surface area (Å²) < 4.78 is 0. The molecule has 0 aromatic heterocycles. The van der Waals surface area contributed by atoms with Gasteiger partial charge in [0.25, 0.3) is 0 Å². The molecule has 132 valence electrons. The minimum absolute atomic E-state index is 0.216. The Morgan fingerprint density at radius 3 is 2.69 bits per heavy atom. The molecule has 2 N–H and O–H groups in total. The van der Waals surface area contributed by atoms with Gasteiger partial charge in [-0.25, -0.2) is 0 Å². The molecule has 2 aromatic carbocycles. The maximum Gasteiger partial charge on any atom is 0.0687 e. The Morgan fingerprint density at radius 2 is 1.92 bits per heavy atom. The predicted octanol–water partition coefficient (Wildman–Crippen LogP) is 5.15. The summed E-state index contributed by atoms with van der Waals surface area (Å²) in [5, 5.41) is 7.72. The van der Waals surface area contributed by atoms with Crippen LogP contribution in [-0.4, -0.2) is 11.9 Å². The van der Waals surface area contributed by atoms with Crippen LogP contribution in [0.1, 0.15) is 37.4 Å². The normalized spacial score (nSPS) is 20.5. The SMILES string of the molecule is C=C1/N=C(CC)\C=N/N/C=C\1c1cccc(N[C@@H](C)c2ccccc2)c1. The third-order valence-corrected chi connectivity index (χ3v) is 4.31. The van der Waals surface area contributed by atoms with Gasteiger partial charge in [-0.3, -0.25) is 10.4 Å². The van der Waals surface area contributed by atoms with E-state index < -0.39 is 0 Å². The molecule has 0 fully saturated rings. The highest BCUT2D eigenvalue weighted by Crippen LogP contribution is 2.27. The Balaban J connectivity index is 1.84. The van der Waals surface area contributed by atoms with Crippen molar-refractivity contribution in [1.82, 2.24) is 5.43 Å². The van der Waals surface area contributed by atoms with Gasteiger partial charge in [0.05, 0.1) is 17.6 Å². The molecule has 26 heavy (non-hydrogen) atoms. The number of nitrogens with one attached hydrogen (secondary N) is 2. The topological polar surface area (TPSA) is 48.8 Å². The first-order chi connectivity index (χ1) is 12.7. The largest absolute Gasteiger partial charge is 0.379 e. The third kappa shape index (κ3) is 4.28. The Hall–Kier alpha value is -3.14. The van der Waals surface area contributed by atoms with Crippen LogP contribution in [0, 0.1) is 0 Å². The van der Waals surface area contributed by atoms with Crippen molar-refractivity contribution in [2.45, 2.75) is 26.3 Å². The molecular formula is C22H24N4. The average Bonchev–Trinajstić information content (AvgIpc) is 2.65. The maximum atomic E-state index is 4.59. The van der Waals surface area contributed by atoms with E-state index in [-0.39, 0.29) is 6.04 Å². The van der Waals surface area contributed by atoms with Gasteiger partial charge in [0.15, 0.2) is 0 Å². The number of rotatable bonds is 5. The van der Waals surface area contributed by atoms with Crippen LogP contribution in [0.15, 0.2) is 83.2 Å². The number of hydrogen-bond donors (Lipinski definition) is 2. The molecule has 0 unspecified atom stereocenters. The summed E-state index contributed by atoms with van der Waals surface area (Å²) >= 11 is 0. The van der Waals surface area contributed by atoms with Gasteiger partial charge in [0.1, 0.15) is 0 Å². The second-order valence-corrected chi connectivity index (χ2v) is 6.21. The van der Waals surface area contributed by atoms with Crippen LogP contribution in [0.4, 0.5) is 5.69 Å². The number of hydrazone groups is 1. The van der Waals surface area contributed by atoms with E-state index in [0.717, 1.165) is 34.7 Å². The van der Waals surface area contributed by atoms with E-state index in [4.69, 9.17) is 0 Å². The quantitative estimate of drug-likeness (QED) is 0.787. The molecular weight excluding hydrogens is 320 g/mol. The molecule has 4 heteroatoms. The molecule has 4 nitrogen and oxygen atoms in total. The second-order valence-electron chi connectivity index (χ2n) is 6.21. The van der Waals surface area contributed by atoms with Gasteiger partial charge in [0.2, 0.25) is 0 Å². The highest BCUT2D eigenvalue weighted by molar-refractivity contribution is 6.31. The van der Waals surface area contributed by atoms with Gasteiger partial charge in [-0.2, -0.15) is 5.10 Å². The highest BCUT2D eigenvalue weighted by atomic mass is 15.3. The van der Waals surface area contributed by atoms with Crippen LogP contribution in [0.3, 0.4) is 0 Å². The van der Waals surface area contributed by atoms with Gasteiger partial charge in [-0.05, 0) is 36.6 Å². The number of aliphatic imine (C=N–C) groups is 1. The fourth-order valence-electron chi connectivity index (χ4n) is 2.83. The lowest BCUT2D eigenvalue weighted by Crippen LogP contribution is -2.09. The highest BCUT2D eigenvalue weighted by Gasteiger charge is 2.10. The van der Waals surface area contributed by atoms with Crippen molar-refractivity contribution in [3.63, 3.8) is 0 Å². The first kappa shape index (κ1) is 17.7. The summed E-state index contributed by atoms with van der Waals surface area (Å²) in [4.78, 5) is 4.59. The standard InChI is InChI=1S/C22H24N4/c1-4-20-14-23-24-15-22(17(3)26-20)19-11-8-12-21(13-19)25-16(2)18-9-6-5-7-10-18/h5-16,24-25H,3-4H2,1-2H3/b22-15+,23-14-,26-20-/t16-/m0/s1. The molecule has 1 aliphatic rings. The summed E-state index contributed by atoms with van der Waals surface area (Å²) in [5.41, 5.74) is 8.88. The van der Waals surface area contributed by atoms with Crippen molar-refractivity contribution >= 4 is 23.2 Å². The Bertz CT molecular complexity index is 863. The number of nitrogens with zero attached hydrogens (tertiary/aromatic N) is 2. The lowest BCUT2D eigenvalue weighted by atomic mass is 10.0. The lowest BCUT2D eigenvalue weighted by molar-refractivity contribution is 0.885. The van der Waals surface area contributed by atoms with Crippen LogP contribution in [0.5, 0.6) is 0 Å². The Kier molecular flexibility index (Phi) is 5.64. The van der Waals surface area contributed by atoms with Crippen LogP contribution in [-0.2, 0) is 0 Å². The van der Waals surface area contributed by atoms with E-state index in [9.17, 15) is 0 Å². The van der Waals surface area contributed by atoms with Crippen molar-refractivity contribution in [3.05, 3.63) is 84.2 Å². The number of anilines is 1. The Labute approximate surface area is 155 Å². The van der Waals surface area contributed by atoms with E-state index in [1.54, 1.807) is 6.21 Å². The molecule has 0 aliphatic carbocycles. The lowest BCUT2D eigenvalue weighted by Gasteiger charge is -2.17. The molecule has 1 heterocycles. The van der Waals surface area contributed by atoms with Crippen molar-refractivity contribution < 1.29 is 0 Å². The molecule has 0 saturated heterocycles. The predicted molar refractivity (Wildman–Crippen MR) is 111 cm³/mol. The van der Waals surface area contributed by atoms with E-state index in [2.05, 4.69) is 83.7 Å². The summed E-state index contributed by atoms with van der Waals surface area (Å²) in [6.07, 6.45) is 4.39. The average molecular weight is 344 g/mol. The van der Waals surface area contributed by atoms with Crippen LogP contribution in [0.2, 0.25) is 0 Å². The fourth-order valence-corrected chi connectivity index (χ4v) is 2.83. The molecule has 0 bridgehead atoms. The first-order valence-corrected chi connectivity index (χ1v) is 8.85. The van der Waals surface area contributed by atoms with E-state index >= 15 is 0 Å². The molecule has 0 radical (unpaired) electrons. The monoisotopic (exact) mass is 344 g/mol. The zero-order valence-electron chi connectivity index (χ0n) is 15.2. The zero-order chi connectivity index (χ0) is 18.4. The van der Waals surface area contributed by atoms with Crippen LogP contribution < -0.4 is 10.7 Å². The molecule has 0 spiro atoms. The van der Waals surface area contributed by atoms with Gasteiger partial charge in [-0.1, -0.05) is 56.0 Å². The molecule has 3 rings (SSSR count). The summed E-state index contributed by atoms with van der Waals surface area (Å²) in [6, 6.07) is 18.9. The molecule has 1 atom stereocenters. The first-order valence-electron chi connectivity index (χ1n) is 8.85. The van der Waals surface area contributed by atoms with Crippen molar-refractivity contribution in [2.24, 2.45) is 10.1 Å². The maximum absolute atomic E-state index is 4.59. The van der Waals surface area contributed by atoms with Crippen LogP contribution in [0.25, 0.3) is 5.57 Å². The van der Waals surface area contributed by atoms with Crippen molar-refractivity contribution in [2.75, 3.05) is 5.32 Å². The van der Waals surface area contributed by atoms with Crippen molar-refractivity contribution in [1.29, 1.82) is 0 Å². The fraction of sp³-hybridized carbons (Fsp3) is 0.182. The molecule has 0 amide bonds. The number of allylic oxidation sites excluding steroid dienone is 1. The second kappa shape index (κ2) is 8.30. The van der Waals surface area contributed by atoms with Gasteiger partial charge >= 0.3 is 0 Å². The zero-order valence-corrected chi connectivity index (χ0v) is 15.2. The summed E-state index contributed by atoms with van der Waals surface area (Å²) in [5.74, 6) is 0. The number of hydrogen-bond acceptors (Lipinski definition) is 4. The van der Waals surface area contributed by atoms with E-state index in [0.29, 0.717) is 0 Å². The molecule has 1 aliphatic heterocycles. The van der Waals surface area contributed by atoms with Gasteiger partial charge < -0.3 is 5.32 Å². The molecule has 2 aromatic rings. The van der Waals surface area contributed by atoms with Gasteiger partial charge in [-0.15, -0.1) is 0 Å². The van der Waals surface area contributed by atoms with E-state index in [1.165, 1.54) is 5.56 Å². The van der Waals surface area contributed by atoms with Crippen molar-refractivity contribution in [3.8, 4) is 0 Å². The minimum atomic E-state index is 0.216. The van der Waals surface area contributed by atoms with Gasteiger partial charge in [0, 0.05) is 23.5 Å². The third-order valence-electron chi connectivity index (χ3n) is 4.31. The Morgan fingerprint density at radius 1 is 1.12 bits per heavy atom.